The molecule has 2 rings (SSSR count). The SMILES string of the molecule is CNC(=O)C(=O)Nc1ccc(S(=O)(=O)C2CCCC2)cc1. The van der Waals surface area contributed by atoms with Crippen molar-refractivity contribution in [2.24, 2.45) is 0 Å². The number of rotatable bonds is 3. The van der Waals surface area contributed by atoms with Gasteiger partial charge >= 0.3 is 11.8 Å². The molecule has 1 aliphatic carbocycles. The molecule has 0 heterocycles. The number of anilines is 1. The number of sulfone groups is 1. The highest BCUT2D eigenvalue weighted by Crippen LogP contribution is 2.29. The molecule has 2 N–H and O–H groups in total. The van der Waals surface area contributed by atoms with Gasteiger partial charge in [0, 0.05) is 12.7 Å². The summed E-state index contributed by atoms with van der Waals surface area (Å²) < 4.78 is 24.7. The third-order valence-corrected chi connectivity index (χ3v) is 5.89. The molecule has 7 heteroatoms. The lowest BCUT2D eigenvalue weighted by Gasteiger charge is -2.11. The minimum Gasteiger partial charge on any atom is -0.351 e. The van der Waals surface area contributed by atoms with Crippen LogP contribution in [0.3, 0.4) is 0 Å². The maximum absolute atomic E-state index is 12.4. The summed E-state index contributed by atoms with van der Waals surface area (Å²) in [5.74, 6) is -1.54. The largest absolute Gasteiger partial charge is 0.351 e. The summed E-state index contributed by atoms with van der Waals surface area (Å²) >= 11 is 0. The lowest BCUT2D eigenvalue weighted by molar-refractivity contribution is -0.135. The van der Waals surface area contributed by atoms with Crippen LogP contribution in [0.4, 0.5) is 5.69 Å². The van der Waals surface area contributed by atoms with Crippen molar-refractivity contribution in [2.45, 2.75) is 35.8 Å². The Morgan fingerprint density at radius 1 is 1.05 bits per heavy atom. The fraction of sp³-hybridized carbons (Fsp3) is 0.429. The van der Waals surface area contributed by atoms with Crippen molar-refractivity contribution < 1.29 is 18.0 Å². The van der Waals surface area contributed by atoms with Crippen LogP contribution in [-0.4, -0.2) is 32.5 Å². The molecule has 0 unspecified atom stereocenters. The van der Waals surface area contributed by atoms with Gasteiger partial charge in [0.05, 0.1) is 10.1 Å². The number of hydrogen-bond acceptors (Lipinski definition) is 4. The van der Waals surface area contributed by atoms with E-state index in [1.54, 1.807) is 0 Å². The zero-order chi connectivity index (χ0) is 15.5. The van der Waals surface area contributed by atoms with Crippen LogP contribution in [0.2, 0.25) is 0 Å². The van der Waals surface area contributed by atoms with Crippen LogP contribution >= 0.6 is 0 Å². The van der Waals surface area contributed by atoms with E-state index in [9.17, 15) is 18.0 Å². The van der Waals surface area contributed by atoms with Gasteiger partial charge < -0.3 is 10.6 Å². The predicted octanol–water partition coefficient (Wildman–Crippen LogP) is 1.09. The van der Waals surface area contributed by atoms with E-state index in [0.29, 0.717) is 18.5 Å². The molecule has 114 valence electrons. The van der Waals surface area contributed by atoms with Gasteiger partial charge in [0.25, 0.3) is 0 Å². The summed E-state index contributed by atoms with van der Waals surface area (Å²) in [6, 6.07) is 5.91. The Kier molecular flexibility index (Phi) is 4.62. The molecule has 0 bridgehead atoms. The van der Waals surface area contributed by atoms with Gasteiger partial charge in [-0.2, -0.15) is 0 Å². The number of carbonyl (C=O) groups is 2. The van der Waals surface area contributed by atoms with Crippen LogP contribution in [0.15, 0.2) is 29.2 Å². The Hall–Kier alpha value is -1.89. The second-order valence-electron chi connectivity index (χ2n) is 5.01. The van der Waals surface area contributed by atoms with Gasteiger partial charge in [0.2, 0.25) is 0 Å². The Bertz CT molecular complexity index is 631. The van der Waals surface area contributed by atoms with E-state index in [1.165, 1.54) is 31.3 Å². The van der Waals surface area contributed by atoms with E-state index in [2.05, 4.69) is 10.6 Å². The van der Waals surface area contributed by atoms with Crippen LogP contribution in [0.25, 0.3) is 0 Å². The highest BCUT2D eigenvalue weighted by atomic mass is 32.2. The molecule has 1 aliphatic rings. The minimum absolute atomic E-state index is 0.257. The van der Waals surface area contributed by atoms with Gasteiger partial charge in [-0.25, -0.2) is 8.42 Å². The van der Waals surface area contributed by atoms with Crippen molar-refractivity contribution in [3.8, 4) is 0 Å². The van der Waals surface area contributed by atoms with Crippen molar-refractivity contribution in [2.75, 3.05) is 12.4 Å². The Balaban J connectivity index is 2.12. The molecule has 1 aromatic rings. The molecular formula is C14H18N2O4S. The molecular weight excluding hydrogens is 292 g/mol. The first-order chi connectivity index (χ1) is 9.95. The topological polar surface area (TPSA) is 92.3 Å². The van der Waals surface area contributed by atoms with Gasteiger partial charge in [0.15, 0.2) is 9.84 Å². The molecule has 21 heavy (non-hydrogen) atoms. The molecule has 0 aromatic heterocycles. The average molecular weight is 310 g/mol. The third-order valence-electron chi connectivity index (χ3n) is 3.62. The molecule has 6 nitrogen and oxygen atoms in total. The average Bonchev–Trinajstić information content (AvgIpc) is 3.02. The fourth-order valence-corrected chi connectivity index (χ4v) is 4.27. The van der Waals surface area contributed by atoms with E-state index in [0.717, 1.165) is 12.8 Å². The lowest BCUT2D eigenvalue weighted by atomic mass is 10.3. The summed E-state index contributed by atoms with van der Waals surface area (Å²) in [6.45, 7) is 0. The maximum Gasteiger partial charge on any atom is 0.313 e. The highest BCUT2D eigenvalue weighted by molar-refractivity contribution is 7.92. The molecule has 0 spiro atoms. The number of likely N-dealkylation sites (N-methyl/N-ethyl adjacent to an activating group) is 1. The van der Waals surface area contributed by atoms with Crippen molar-refractivity contribution in [1.29, 1.82) is 0 Å². The van der Waals surface area contributed by atoms with E-state index >= 15 is 0 Å². The standard InChI is InChI=1S/C14H18N2O4S/c1-15-13(17)14(18)16-10-6-8-12(9-7-10)21(19,20)11-4-2-3-5-11/h6-9,11H,2-5H2,1H3,(H,15,17)(H,16,18). The van der Waals surface area contributed by atoms with Crippen LogP contribution in [0.5, 0.6) is 0 Å². The summed E-state index contributed by atoms with van der Waals surface area (Å²) in [5, 5.41) is 4.30. The zero-order valence-electron chi connectivity index (χ0n) is 11.8. The van der Waals surface area contributed by atoms with Crippen LogP contribution < -0.4 is 10.6 Å². The first kappa shape index (κ1) is 15.5. The van der Waals surface area contributed by atoms with Crippen molar-refractivity contribution in [3.63, 3.8) is 0 Å². The van der Waals surface area contributed by atoms with E-state index in [4.69, 9.17) is 0 Å². The number of benzene rings is 1. The van der Waals surface area contributed by atoms with Gasteiger partial charge in [-0.15, -0.1) is 0 Å². The summed E-state index contributed by atoms with van der Waals surface area (Å²) in [6.07, 6.45) is 3.31. The first-order valence-electron chi connectivity index (χ1n) is 6.82. The minimum atomic E-state index is -3.30. The number of amides is 2. The van der Waals surface area contributed by atoms with Gasteiger partial charge in [-0.05, 0) is 37.1 Å². The molecule has 0 radical (unpaired) electrons. The predicted molar refractivity (Wildman–Crippen MR) is 78.6 cm³/mol. The lowest BCUT2D eigenvalue weighted by Crippen LogP contribution is -2.32. The zero-order valence-corrected chi connectivity index (χ0v) is 12.6. The van der Waals surface area contributed by atoms with E-state index < -0.39 is 21.7 Å². The number of hydrogen-bond donors (Lipinski definition) is 2. The number of nitrogens with one attached hydrogen (secondary N) is 2. The van der Waals surface area contributed by atoms with E-state index in [-0.39, 0.29) is 10.1 Å². The highest BCUT2D eigenvalue weighted by Gasteiger charge is 2.30. The van der Waals surface area contributed by atoms with Gasteiger partial charge in [-0.3, -0.25) is 9.59 Å². The summed E-state index contributed by atoms with van der Waals surface area (Å²) in [4.78, 5) is 22.7. The first-order valence-corrected chi connectivity index (χ1v) is 8.37. The summed E-state index contributed by atoms with van der Waals surface area (Å²) in [5.41, 5.74) is 0.383. The third kappa shape index (κ3) is 3.41. The maximum atomic E-state index is 12.4. The summed E-state index contributed by atoms with van der Waals surface area (Å²) in [7, 11) is -1.94. The van der Waals surface area contributed by atoms with Crippen LogP contribution in [0, 0.1) is 0 Å². The molecule has 0 saturated heterocycles. The Morgan fingerprint density at radius 3 is 2.14 bits per heavy atom. The molecule has 1 saturated carbocycles. The molecule has 0 atom stereocenters. The van der Waals surface area contributed by atoms with Crippen molar-refractivity contribution in [1.82, 2.24) is 5.32 Å². The quantitative estimate of drug-likeness (QED) is 0.817. The van der Waals surface area contributed by atoms with Crippen molar-refractivity contribution >= 4 is 27.3 Å². The Labute approximate surface area is 123 Å². The fourth-order valence-electron chi connectivity index (χ4n) is 2.42. The normalized spacial score (nSPS) is 15.7. The van der Waals surface area contributed by atoms with Gasteiger partial charge in [-0.1, -0.05) is 12.8 Å². The van der Waals surface area contributed by atoms with E-state index in [1.807, 2.05) is 0 Å². The second-order valence-corrected chi connectivity index (χ2v) is 7.24. The smallest absolute Gasteiger partial charge is 0.313 e. The second kappa shape index (κ2) is 6.26. The number of carbonyl (C=O) groups excluding carboxylic acids is 2. The van der Waals surface area contributed by atoms with Gasteiger partial charge in [0.1, 0.15) is 0 Å². The Morgan fingerprint density at radius 2 is 1.62 bits per heavy atom. The molecule has 2 amide bonds. The van der Waals surface area contributed by atoms with Crippen LogP contribution in [0.1, 0.15) is 25.7 Å². The van der Waals surface area contributed by atoms with Crippen LogP contribution in [-0.2, 0) is 19.4 Å². The molecule has 0 aliphatic heterocycles. The monoisotopic (exact) mass is 310 g/mol. The molecule has 1 aromatic carbocycles. The molecule has 1 fully saturated rings. The van der Waals surface area contributed by atoms with Crippen molar-refractivity contribution in [3.05, 3.63) is 24.3 Å².